The van der Waals surface area contributed by atoms with Gasteiger partial charge in [-0.15, -0.1) is 0 Å². The van der Waals surface area contributed by atoms with Crippen LogP contribution in [-0.2, 0) is 24.2 Å². The van der Waals surface area contributed by atoms with Gasteiger partial charge in [-0.2, -0.15) is 0 Å². The minimum atomic E-state index is -0.266. The fourth-order valence-corrected chi connectivity index (χ4v) is 2.95. The third-order valence-electron chi connectivity index (χ3n) is 4.21. The molecule has 0 amide bonds. The Morgan fingerprint density at radius 1 is 1.12 bits per heavy atom. The molecule has 3 rings (SSSR count). The van der Waals surface area contributed by atoms with E-state index in [-0.39, 0.29) is 12.6 Å². The van der Waals surface area contributed by atoms with Crippen LogP contribution in [-0.4, -0.2) is 32.9 Å². The summed E-state index contributed by atoms with van der Waals surface area (Å²) in [7, 11) is 1.74. The third kappa shape index (κ3) is 4.95. The normalized spacial score (nSPS) is 13.7. The molecule has 0 saturated carbocycles. The van der Waals surface area contributed by atoms with E-state index in [1.165, 1.54) is 17.7 Å². The summed E-state index contributed by atoms with van der Waals surface area (Å²) in [5, 5.41) is 6.55. The molecule has 0 bridgehead atoms. The minimum absolute atomic E-state index is 0.210. The van der Waals surface area contributed by atoms with E-state index in [0.29, 0.717) is 19.6 Å². The van der Waals surface area contributed by atoms with E-state index >= 15 is 0 Å². The van der Waals surface area contributed by atoms with E-state index in [1.807, 2.05) is 18.2 Å². The maximum atomic E-state index is 13.8. The molecule has 0 atom stereocenters. The van der Waals surface area contributed by atoms with Crippen LogP contribution >= 0.6 is 0 Å². The van der Waals surface area contributed by atoms with Crippen LogP contribution in [0.1, 0.15) is 16.7 Å². The Balaban J connectivity index is 1.48. The lowest BCUT2D eigenvalue weighted by atomic mass is 10.1. The highest BCUT2D eigenvalue weighted by Gasteiger charge is 2.16. The van der Waals surface area contributed by atoms with Gasteiger partial charge in [-0.1, -0.05) is 30.3 Å². The molecule has 0 saturated heterocycles. The molecule has 1 aliphatic rings. The number of fused-ring (bicyclic) bond motifs is 1. The molecule has 0 aliphatic carbocycles. The fourth-order valence-electron chi connectivity index (χ4n) is 2.95. The molecular weight excluding hydrogens is 333 g/mol. The number of nitrogens with zero attached hydrogens (tertiary/aromatic N) is 1. The van der Waals surface area contributed by atoms with Crippen LogP contribution in [0.25, 0.3) is 0 Å². The summed E-state index contributed by atoms with van der Waals surface area (Å²) in [5.74, 6) is 1.21. The number of nitrogens with one attached hydrogen (secondary N) is 2. The molecule has 138 valence electrons. The van der Waals surface area contributed by atoms with Crippen molar-refractivity contribution >= 4 is 5.96 Å². The Morgan fingerprint density at radius 3 is 2.65 bits per heavy atom. The second-order valence-electron chi connectivity index (χ2n) is 6.08. The lowest BCUT2D eigenvalue weighted by molar-refractivity contribution is -0.0172. The Bertz CT molecular complexity index is 750. The molecule has 1 aliphatic heterocycles. The van der Waals surface area contributed by atoms with Crippen molar-refractivity contribution in [1.29, 1.82) is 0 Å². The Kier molecular flexibility index (Phi) is 6.44. The molecule has 26 heavy (non-hydrogen) atoms. The average molecular weight is 357 g/mol. The van der Waals surface area contributed by atoms with Crippen LogP contribution < -0.4 is 15.4 Å². The maximum absolute atomic E-state index is 13.8. The molecule has 2 aromatic carbocycles. The summed E-state index contributed by atoms with van der Waals surface area (Å²) in [5.41, 5.74) is 2.88. The van der Waals surface area contributed by atoms with Crippen LogP contribution in [0.3, 0.4) is 0 Å². The van der Waals surface area contributed by atoms with Gasteiger partial charge in [0.15, 0.2) is 12.8 Å². The zero-order valence-corrected chi connectivity index (χ0v) is 14.9. The van der Waals surface area contributed by atoms with Crippen molar-refractivity contribution in [1.82, 2.24) is 10.6 Å². The van der Waals surface area contributed by atoms with E-state index in [9.17, 15) is 4.39 Å². The van der Waals surface area contributed by atoms with Crippen molar-refractivity contribution in [2.75, 3.05) is 26.9 Å². The van der Waals surface area contributed by atoms with Gasteiger partial charge < -0.3 is 20.1 Å². The van der Waals surface area contributed by atoms with Crippen molar-refractivity contribution in [3.63, 3.8) is 0 Å². The van der Waals surface area contributed by atoms with Crippen LogP contribution in [0, 0.1) is 5.82 Å². The summed E-state index contributed by atoms with van der Waals surface area (Å²) in [4.78, 5) is 4.22. The summed E-state index contributed by atoms with van der Waals surface area (Å²) < 4.78 is 24.5. The van der Waals surface area contributed by atoms with Crippen LogP contribution in [0.4, 0.5) is 4.39 Å². The summed E-state index contributed by atoms with van der Waals surface area (Å²) in [6, 6.07) is 13.3. The molecule has 0 fully saturated rings. The molecule has 1 heterocycles. The van der Waals surface area contributed by atoms with Crippen LogP contribution in [0.15, 0.2) is 47.5 Å². The molecule has 0 aromatic heterocycles. The average Bonchev–Trinajstić information content (AvgIpc) is 2.67. The van der Waals surface area contributed by atoms with Gasteiger partial charge in [0.05, 0.1) is 6.61 Å². The third-order valence-corrected chi connectivity index (χ3v) is 4.21. The SMILES string of the molecule is CN=C(NCCc1ccccc1)NCCc1cc(F)cc2c1OCOC2. The maximum Gasteiger partial charge on any atom is 0.190 e. The molecular formula is C20H24FN3O2. The predicted molar refractivity (Wildman–Crippen MR) is 99.9 cm³/mol. The van der Waals surface area contributed by atoms with Gasteiger partial charge in [-0.3, -0.25) is 4.99 Å². The first kappa shape index (κ1) is 18.2. The first-order chi connectivity index (χ1) is 12.8. The lowest BCUT2D eigenvalue weighted by Crippen LogP contribution is -2.39. The second kappa shape index (κ2) is 9.20. The minimum Gasteiger partial charge on any atom is -0.467 e. The van der Waals surface area contributed by atoms with Gasteiger partial charge in [0, 0.05) is 25.7 Å². The smallest absolute Gasteiger partial charge is 0.190 e. The number of aliphatic imine (C=N–C) groups is 1. The zero-order chi connectivity index (χ0) is 18.2. The highest BCUT2D eigenvalue weighted by atomic mass is 19.1. The van der Waals surface area contributed by atoms with Gasteiger partial charge in [0.1, 0.15) is 11.6 Å². The number of hydrogen-bond donors (Lipinski definition) is 2. The second-order valence-corrected chi connectivity index (χ2v) is 6.08. The molecule has 5 nitrogen and oxygen atoms in total. The van der Waals surface area contributed by atoms with Crippen LogP contribution in [0.2, 0.25) is 0 Å². The first-order valence-corrected chi connectivity index (χ1v) is 8.76. The Morgan fingerprint density at radius 2 is 1.88 bits per heavy atom. The van der Waals surface area contributed by atoms with Gasteiger partial charge >= 0.3 is 0 Å². The fraction of sp³-hybridized carbons (Fsp3) is 0.350. The molecule has 0 spiro atoms. The van der Waals surface area contributed by atoms with Crippen molar-refractivity contribution in [3.8, 4) is 5.75 Å². The van der Waals surface area contributed by atoms with E-state index in [1.54, 1.807) is 7.05 Å². The van der Waals surface area contributed by atoms with Crippen molar-refractivity contribution in [2.45, 2.75) is 19.4 Å². The number of guanidine groups is 1. The zero-order valence-electron chi connectivity index (χ0n) is 14.9. The van der Waals surface area contributed by atoms with Gasteiger partial charge in [-0.25, -0.2) is 4.39 Å². The highest BCUT2D eigenvalue weighted by molar-refractivity contribution is 5.79. The number of rotatable bonds is 6. The van der Waals surface area contributed by atoms with E-state index in [4.69, 9.17) is 9.47 Å². The number of ether oxygens (including phenoxy) is 2. The topological polar surface area (TPSA) is 54.9 Å². The van der Waals surface area contributed by atoms with Gasteiger partial charge in [-0.05, 0) is 36.1 Å². The largest absolute Gasteiger partial charge is 0.467 e. The summed E-state index contributed by atoms with van der Waals surface area (Å²) in [6.07, 6.45) is 1.56. The summed E-state index contributed by atoms with van der Waals surface area (Å²) in [6.45, 7) is 2.02. The number of halogens is 1. The summed E-state index contributed by atoms with van der Waals surface area (Å²) >= 11 is 0. The van der Waals surface area contributed by atoms with Crippen molar-refractivity contribution in [3.05, 3.63) is 65.0 Å². The van der Waals surface area contributed by atoms with Crippen molar-refractivity contribution in [2.24, 2.45) is 4.99 Å². The van der Waals surface area contributed by atoms with E-state index in [2.05, 4.69) is 27.8 Å². The van der Waals surface area contributed by atoms with Crippen LogP contribution in [0.5, 0.6) is 5.75 Å². The Labute approximate surface area is 153 Å². The Hall–Kier alpha value is -2.60. The first-order valence-electron chi connectivity index (χ1n) is 8.76. The highest BCUT2D eigenvalue weighted by Crippen LogP contribution is 2.29. The molecule has 6 heteroatoms. The number of benzene rings is 2. The number of hydrogen-bond acceptors (Lipinski definition) is 3. The predicted octanol–water partition coefficient (Wildman–Crippen LogP) is 2.64. The lowest BCUT2D eigenvalue weighted by Gasteiger charge is -2.21. The van der Waals surface area contributed by atoms with Gasteiger partial charge in [0.25, 0.3) is 0 Å². The molecule has 2 N–H and O–H groups in total. The monoisotopic (exact) mass is 357 g/mol. The van der Waals surface area contributed by atoms with Crippen molar-refractivity contribution < 1.29 is 13.9 Å². The molecule has 0 unspecified atom stereocenters. The van der Waals surface area contributed by atoms with E-state index < -0.39 is 0 Å². The van der Waals surface area contributed by atoms with E-state index in [0.717, 1.165) is 35.8 Å². The standard InChI is InChI=1S/C20H24FN3O2/c1-22-20(23-9-7-15-5-3-2-4-6-15)24-10-8-16-11-18(21)12-17-13-25-14-26-19(16)17/h2-6,11-12H,7-10,13-14H2,1H3,(H2,22,23,24). The molecule has 2 aromatic rings. The quantitative estimate of drug-likeness (QED) is 0.616. The van der Waals surface area contributed by atoms with Gasteiger partial charge in [0.2, 0.25) is 0 Å². The molecule has 0 radical (unpaired) electrons.